The van der Waals surface area contributed by atoms with Crippen LogP contribution in [0.25, 0.3) is 4.96 Å². The minimum Gasteiger partial charge on any atom is -0.317 e. The molecule has 6 nitrogen and oxygen atoms in total. The van der Waals surface area contributed by atoms with Gasteiger partial charge < -0.3 is 5.32 Å². The molecule has 0 aliphatic carbocycles. The molecule has 0 unspecified atom stereocenters. The number of piperidine rings is 1. The summed E-state index contributed by atoms with van der Waals surface area (Å²) in [5.41, 5.74) is 0.658. The van der Waals surface area contributed by atoms with Gasteiger partial charge in [-0.1, -0.05) is 18.3 Å². The number of hydrogen-bond acceptors (Lipinski definition) is 6. The van der Waals surface area contributed by atoms with Crippen molar-refractivity contribution in [1.29, 1.82) is 0 Å². The second-order valence-electron chi connectivity index (χ2n) is 5.47. The lowest BCUT2D eigenvalue weighted by Gasteiger charge is -2.33. The minimum atomic E-state index is -0.0927. The molecule has 1 aliphatic heterocycles. The van der Waals surface area contributed by atoms with Crippen LogP contribution in [0.2, 0.25) is 0 Å². The summed E-state index contributed by atoms with van der Waals surface area (Å²) >= 11 is 1.52. The van der Waals surface area contributed by atoms with Gasteiger partial charge in [0.1, 0.15) is 5.01 Å². The first-order valence-electron chi connectivity index (χ1n) is 7.48. The van der Waals surface area contributed by atoms with Crippen LogP contribution in [0.5, 0.6) is 0 Å². The van der Waals surface area contributed by atoms with E-state index in [0.717, 1.165) is 36.9 Å². The van der Waals surface area contributed by atoms with E-state index in [4.69, 9.17) is 0 Å². The Balaban J connectivity index is 1.82. The molecule has 21 heavy (non-hydrogen) atoms. The van der Waals surface area contributed by atoms with E-state index in [2.05, 4.69) is 27.2 Å². The van der Waals surface area contributed by atoms with Gasteiger partial charge in [0.15, 0.2) is 0 Å². The van der Waals surface area contributed by atoms with Crippen LogP contribution in [-0.4, -0.2) is 45.2 Å². The molecular weight excluding hydrogens is 286 g/mol. The van der Waals surface area contributed by atoms with Gasteiger partial charge in [0.2, 0.25) is 4.96 Å². The van der Waals surface area contributed by atoms with Crippen molar-refractivity contribution in [3.05, 3.63) is 27.1 Å². The molecule has 0 amide bonds. The Labute approximate surface area is 127 Å². The van der Waals surface area contributed by atoms with Crippen molar-refractivity contribution in [2.75, 3.05) is 19.6 Å². The van der Waals surface area contributed by atoms with E-state index < -0.39 is 0 Å². The second-order valence-corrected chi connectivity index (χ2v) is 6.51. The lowest BCUT2D eigenvalue weighted by molar-refractivity contribution is 0.161. The number of nitrogens with zero attached hydrogens (tertiary/aromatic N) is 4. The Bertz CT molecular complexity index is 674. The molecule has 0 spiro atoms. The monoisotopic (exact) mass is 307 g/mol. The van der Waals surface area contributed by atoms with E-state index in [0.29, 0.717) is 11.0 Å². The second kappa shape index (κ2) is 6.21. The van der Waals surface area contributed by atoms with Gasteiger partial charge in [-0.15, -0.1) is 0 Å². The van der Waals surface area contributed by atoms with Gasteiger partial charge in [-0.2, -0.15) is 9.61 Å². The van der Waals surface area contributed by atoms with Crippen molar-refractivity contribution in [2.45, 2.75) is 39.3 Å². The molecule has 3 heterocycles. The number of fused-ring (bicyclic) bond motifs is 1. The first-order chi connectivity index (χ1) is 10.2. The molecule has 0 bridgehead atoms. The molecule has 3 rings (SSSR count). The minimum absolute atomic E-state index is 0.0927. The summed E-state index contributed by atoms with van der Waals surface area (Å²) in [5.74, 6) is 0. The van der Waals surface area contributed by atoms with Gasteiger partial charge in [0, 0.05) is 17.8 Å². The van der Waals surface area contributed by atoms with Gasteiger partial charge in [-0.25, -0.2) is 4.98 Å². The first-order valence-corrected chi connectivity index (χ1v) is 8.30. The lowest BCUT2D eigenvalue weighted by Crippen LogP contribution is -2.42. The van der Waals surface area contributed by atoms with Crippen LogP contribution in [0.4, 0.5) is 0 Å². The summed E-state index contributed by atoms with van der Waals surface area (Å²) in [6.45, 7) is 8.00. The number of rotatable bonds is 4. The van der Waals surface area contributed by atoms with Crippen molar-refractivity contribution >= 4 is 16.3 Å². The normalized spacial score (nSPS) is 16.9. The smallest absolute Gasteiger partial charge is 0.275 e. The Morgan fingerprint density at radius 1 is 1.48 bits per heavy atom. The summed E-state index contributed by atoms with van der Waals surface area (Å²) in [6.07, 6.45) is 2.35. The van der Waals surface area contributed by atoms with Crippen molar-refractivity contribution in [3.63, 3.8) is 0 Å². The van der Waals surface area contributed by atoms with Crippen molar-refractivity contribution < 1.29 is 0 Å². The van der Waals surface area contributed by atoms with Gasteiger partial charge in [0.25, 0.3) is 5.56 Å². The maximum Gasteiger partial charge on any atom is 0.275 e. The van der Waals surface area contributed by atoms with Crippen LogP contribution >= 0.6 is 11.3 Å². The molecule has 1 N–H and O–H groups in total. The zero-order valence-corrected chi connectivity index (χ0v) is 13.3. The lowest BCUT2D eigenvalue weighted by atomic mass is 10.1. The third-order valence-electron chi connectivity index (χ3n) is 3.98. The average molecular weight is 307 g/mol. The Kier molecular flexibility index (Phi) is 4.32. The van der Waals surface area contributed by atoms with Gasteiger partial charge >= 0.3 is 0 Å². The van der Waals surface area contributed by atoms with E-state index in [-0.39, 0.29) is 5.56 Å². The van der Waals surface area contributed by atoms with E-state index in [1.54, 1.807) is 0 Å². The van der Waals surface area contributed by atoms with E-state index in [9.17, 15) is 4.79 Å². The molecule has 0 saturated carbocycles. The van der Waals surface area contributed by atoms with Gasteiger partial charge in [-0.3, -0.25) is 9.69 Å². The maximum absolute atomic E-state index is 11.9. The molecule has 2 aromatic rings. The van der Waals surface area contributed by atoms with Gasteiger partial charge in [0.05, 0.1) is 6.54 Å². The first kappa shape index (κ1) is 14.6. The van der Waals surface area contributed by atoms with Crippen LogP contribution in [-0.2, 0) is 6.54 Å². The van der Waals surface area contributed by atoms with E-state index in [1.807, 2.05) is 6.92 Å². The maximum atomic E-state index is 11.9. The van der Waals surface area contributed by atoms with Crippen molar-refractivity contribution in [3.8, 4) is 0 Å². The average Bonchev–Trinajstić information content (AvgIpc) is 2.88. The predicted molar refractivity (Wildman–Crippen MR) is 83.8 cm³/mol. The summed E-state index contributed by atoms with van der Waals surface area (Å²) in [4.78, 5) is 19.5. The fourth-order valence-electron chi connectivity index (χ4n) is 2.87. The van der Waals surface area contributed by atoms with Crippen LogP contribution in [0.1, 0.15) is 30.5 Å². The topological polar surface area (TPSA) is 62.5 Å². The highest BCUT2D eigenvalue weighted by Gasteiger charge is 2.21. The highest BCUT2D eigenvalue weighted by molar-refractivity contribution is 7.16. The van der Waals surface area contributed by atoms with E-state index >= 15 is 0 Å². The quantitative estimate of drug-likeness (QED) is 0.914. The summed E-state index contributed by atoms with van der Waals surface area (Å²) in [7, 11) is 0. The zero-order chi connectivity index (χ0) is 14.8. The third kappa shape index (κ3) is 3.14. The largest absolute Gasteiger partial charge is 0.317 e. The number of aryl methyl sites for hydroxylation is 1. The standard InChI is InChI=1S/C14H21N5OS/c1-3-18(11-4-6-15-7-5-11)9-12-17-19-13(20)8-10(2)16-14(19)21-12/h8,11,15H,3-7,9H2,1-2H3. The molecule has 0 aromatic carbocycles. The SMILES string of the molecule is CCN(Cc1nn2c(=O)cc(C)nc2s1)C1CCNCC1. The molecule has 1 fully saturated rings. The number of nitrogens with one attached hydrogen (secondary N) is 1. The van der Waals surface area contributed by atoms with Crippen molar-refractivity contribution in [2.24, 2.45) is 0 Å². The summed E-state index contributed by atoms with van der Waals surface area (Å²) < 4.78 is 1.42. The Morgan fingerprint density at radius 3 is 2.95 bits per heavy atom. The van der Waals surface area contributed by atoms with Crippen LogP contribution in [0.3, 0.4) is 0 Å². The molecule has 2 aromatic heterocycles. The Morgan fingerprint density at radius 2 is 2.24 bits per heavy atom. The fourth-order valence-corrected chi connectivity index (χ4v) is 3.84. The third-order valence-corrected chi connectivity index (χ3v) is 4.88. The van der Waals surface area contributed by atoms with Crippen LogP contribution in [0, 0.1) is 6.92 Å². The molecular formula is C14H21N5OS. The van der Waals surface area contributed by atoms with Crippen molar-refractivity contribution in [1.82, 2.24) is 24.8 Å². The number of aromatic nitrogens is 3. The molecule has 1 aliphatic rings. The number of hydrogen-bond donors (Lipinski definition) is 1. The molecule has 0 atom stereocenters. The van der Waals surface area contributed by atoms with E-state index in [1.165, 1.54) is 34.8 Å². The summed E-state index contributed by atoms with van der Waals surface area (Å²) in [6, 6.07) is 2.13. The van der Waals surface area contributed by atoms with Gasteiger partial charge in [-0.05, 0) is 39.4 Å². The highest BCUT2D eigenvalue weighted by atomic mass is 32.1. The highest BCUT2D eigenvalue weighted by Crippen LogP contribution is 2.18. The van der Waals surface area contributed by atoms with Crippen LogP contribution in [0.15, 0.2) is 10.9 Å². The van der Waals surface area contributed by atoms with Crippen LogP contribution < -0.4 is 10.9 Å². The molecule has 7 heteroatoms. The fraction of sp³-hybridized carbons (Fsp3) is 0.643. The zero-order valence-electron chi connectivity index (χ0n) is 12.5. The molecule has 1 saturated heterocycles. The predicted octanol–water partition coefficient (Wildman–Crippen LogP) is 1.03. The molecule has 114 valence electrons. The molecule has 0 radical (unpaired) electrons. The Hall–Kier alpha value is -1.31. The summed E-state index contributed by atoms with van der Waals surface area (Å²) in [5, 5.41) is 8.80.